The Bertz CT molecular complexity index is 210. The van der Waals surface area contributed by atoms with Crippen LogP contribution in [-0.4, -0.2) is 23.0 Å². The van der Waals surface area contributed by atoms with E-state index in [9.17, 15) is 0 Å². The van der Waals surface area contributed by atoms with Gasteiger partial charge < -0.3 is 14.0 Å². The van der Waals surface area contributed by atoms with Crippen LogP contribution >= 0.6 is 0 Å². The van der Waals surface area contributed by atoms with Crippen LogP contribution in [0.1, 0.15) is 6.23 Å². The fourth-order valence-corrected chi connectivity index (χ4v) is 0.895. The lowest BCUT2D eigenvalue weighted by molar-refractivity contribution is 0.0950. The third-order valence-corrected chi connectivity index (χ3v) is 1.48. The quantitative estimate of drug-likeness (QED) is 0.557. The molecule has 2 atom stereocenters. The smallest absolute Gasteiger partial charge is 0.205 e. The highest BCUT2D eigenvalue weighted by Crippen LogP contribution is 2.33. The lowest BCUT2D eigenvalue weighted by Crippen LogP contribution is -1.96. The van der Waals surface area contributed by atoms with Crippen molar-refractivity contribution in [2.24, 2.45) is 0 Å². The van der Waals surface area contributed by atoms with Gasteiger partial charge in [-0.1, -0.05) is 0 Å². The molecule has 1 saturated heterocycles. The molecule has 0 radical (unpaired) electrons. The van der Waals surface area contributed by atoms with Crippen molar-refractivity contribution in [2.45, 2.75) is 12.5 Å². The maximum absolute atomic E-state index is 5.11. The predicted molar refractivity (Wildman–Crippen MR) is 33.1 cm³/mol. The van der Waals surface area contributed by atoms with Gasteiger partial charge in [0.25, 0.3) is 0 Å². The molecular weight excluding hydrogens is 132 g/mol. The van der Waals surface area contributed by atoms with E-state index in [1.807, 2.05) is 10.8 Å². The summed E-state index contributed by atoms with van der Waals surface area (Å²) >= 11 is 0. The third kappa shape index (κ3) is 0.815. The van der Waals surface area contributed by atoms with Crippen molar-refractivity contribution in [3.8, 4) is 0 Å². The molecule has 0 aliphatic carbocycles. The SMILES string of the molecule is COC1OC1n1ccnc1. The van der Waals surface area contributed by atoms with E-state index in [4.69, 9.17) is 9.47 Å². The van der Waals surface area contributed by atoms with Gasteiger partial charge in [-0.25, -0.2) is 4.98 Å². The van der Waals surface area contributed by atoms with Crippen LogP contribution in [0.4, 0.5) is 0 Å². The van der Waals surface area contributed by atoms with Gasteiger partial charge in [0.2, 0.25) is 6.29 Å². The van der Waals surface area contributed by atoms with Crippen molar-refractivity contribution in [3.63, 3.8) is 0 Å². The van der Waals surface area contributed by atoms with Crippen LogP contribution in [0.25, 0.3) is 0 Å². The van der Waals surface area contributed by atoms with Crippen molar-refractivity contribution in [2.75, 3.05) is 7.11 Å². The summed E-state index contributed by atoms with van der Waals surface area (Å²) in [5.74, 6) is 0. The number of aromatic nitrogens is 2. The molecule has 1 aliphatic rings. The van der Waals surface area contributed by atoms with Crippen LogP contribution in [0.2, 0.25) is 0 Å². The summed E-state index contributed by atoms with van der Waals surface area (Å²) in [4.78, 5) is 3.88. The van der Waals surface area contributed by atoms with E-state index in [2.05, 4.69) is 4.98 Å². The number of imidazole rings is 1. The molecule has 10 heavy (non-hydrogen) atoms. The zero-order valence-corrected chi connectivity index (χ0v) is 5.60. The minimum absolute atomic E-state index is 0.0486. The van der Waals surface area contributed by atoms with Gasteiger partial charge in [-0.2, -0.15) is 0 Å². The number of nitrogens with zero attached hydrogens (tertiary/aromatic N) is 2. The third-order valence-electron chi connectivity index (χ3n) is 1.48. The molecule has 0 saturated carbocycles. The maximum Gasteiger partial charge on any atom is 0.205 e. The first-order valence-electron chi connectivity index (χ1n) is 3.07. The van der Waals surface area contributed by atoms with Crippen LogP contribution < -0.4 is 0 Å². The van der Waals surface area contributed by atoms with Crippen LogP contribution in [0.3, 0.4) is 0 Å². The largest absolute Gasteiger partial charge is 0.352 e. The Balaban J connectivity index is 2.05. The highest BCUT2D eigenvalue weighted by molar-refractivity contribution is 4.83. The van der Waals surface area contributed by atoms with Crippen molar-refractivity contribution < 1.29 is 9.47 Å². The highest BCUT2D eigenvalue weighted by Gasteiger charge is 2.40. The molecule has 4 heteroatoms. The minimum Gasteiger partial charge on any atom is -0.352 e. The molecule has 0 spiro atoms. The number of epoxide rings is 1. The molecule has 2 unspecified atom stereocenters. The predicted octanol–water partition coefficient (Wildman–Crippen LogP) is 0.384. The molecule has 1 fully saturated rings. The Morgan fingerprint density at radius 3 is 3.10 bits per heavy atom. The second-order valence-corrected chi connectivity index (χ2v) is 2.14. The first kappa shape index (κ1) is 5.88. The van der Waals surface area contributed by atoms with Gasteiger partial charge in [0, 0.05) is 19.5 Å². The van der Waals surface area contributed by atoms with E-state index in [1.54, 1.807) is 19.6 Å². The van der Waals surface area contributed by atoms with Crippen molar-refractivity contribution in [1.29, 1.82) is 0 Å². The Morgan fingerprint density at radius 2 is 2.60 bits per heavy atom. The average Bonchev–Trinajstić information content (AvgIpc) is 2.56. The molecule has 2 rings (SSSR count). The molecule has 4 nitrogen and oxygen atoms in total. The summed E-state index contributed by atoms with van der Waals surface area (Å²) < 4.78 is 11.9. The van der Waals surface area contributed by atoms with E-state index in [1.165, 1.54) is 0 Å². The summed E-state index contributed by atoms with van der Waals surface area (Å²) in [5.41, 5.74) is 0. The van der Waals surface area contributed by atoms with Crippen molar-refractivity contribution in [3.05, 3.63) is 18.7 Å². The van der Waals surface area contributed by atoms with Gasteiger partial charge in [-0.15, -0.1) is 0 Å². The molecule has 2 heterocycles. The molecule has 0 N–H and O–H groups in total. The summed E-state index contributed by atoms with van der Waals surface area (Å²) in [5, 5.41) is 0. The summed E-state index contributed by atoms with van der Waals surface area (Å²) in [6.07, 6.45) is 5.25. The van der Waals surface area contributed by atoms with Crippen LogP contribution in [0.15, 0.2) is 18.7 Å². The Morgan fingerprint density at radius 1 is 1.70 bits per heavy atom. The molecule has 1 aromatic rings. The highest BCUT2D eigenvalue weighted by atomic mass is 16.8. The number of ether oxygens (including phenoxy) is 2. The first-order valence-corrected chi connectivity index (χ1v) is 3.07. The topological polar surface area (TPSA) is 39.6 Å². The van der Waals surface area contributed by atoms with Gasteiger partial charge >= 0.3 is 0 Å². The molecule has 0 bridgehead atoms. The van der Waals surface area contributed by atoms with Crippen LogP contribution in [0, 0.1) is 0 Å². The summed E-state index contributed by atoms with van der Waals surface area (Å²) in [6, 6.07) is 0. The van der Waals surface area contributed by atoms with Gasteiger partial charge in [0.05, 0.1) is 6.33 Å². The Hall–Kier alpha value is -0.870. The molecule has 0 aromatic carbocycles. The standard InChI is InChI=1S/C6H8N2O2/c1-9-6-5(10-6)8-3-2-7-4-8/h2-6H,1H3. The van der Waals surface area contributed by atoms with Gasteiger partial charge in [0.15, 0.2) is 6.23 Å². The zero-order valence-electron chi connectivity index (χ0n) is 5.60. The van der Waals surface area contributed by atoms with E-state index in [-0.39, 0.29) is 12.5 Å². The fraction of sp³-hybridized carbons (Fsp3) is 0.500. The Labute approximate surface area is 58.4 Å². The van der Waals surface area contributed by atoms with E-state index < -0.39 is 0 Å². The Kier molecular flexibility index (Phi) is 1.22. The zero-order chi connectivity index (χ0) is 6.97. The number of rotatable bonds is 2. The van der Waals surface area contributed by atoms with Gasteiger partial charge in [0.1, 0.15) is 0 Å². The molecule has 1 aliphatic heterocycles. The molecule has 1 aromatic heterocycles. The van der Waals surface area contributed by atoms with Gasteiger partial charge in [-0.05, 0) is 0 Å². The minimum atomic E-state index is -0.0748. The van der Waals surface area contributed by atoms with Crippen molar-refractivity contribution >= 4 is 0 Å². The van der Waals surface area contributed by atoms with Crippen LogP contribution in [0.5, 0.6) is 0 Å². The molecule has 0 amide bonds. The summed E-state index contributed by atoms with van der Waals surface area (Å²) in [7, 11) is 1.63. The lowest BCUT2D eigenvalue weighted by Gasteiger charge is -1.91. The fourth-order valence-electron chi connectivity index (χ4n) is 0.895. The monoisotopic (exact) mass is 140 g/mol. The number of hydrogen-bond acceptors (Lipinski definition) is 3. The second-order valence-electron chi connectivity index (χ2n) is 2.14. The van der Waals surface area contributed by atoms with E-state index in [0.717, 1.165) is 0 Å². The maximum atomic E-state index is 5.11. The average molecular weight is 140 g/mol. The van der Waals surface area contributed by atoms with Crippen LogP contribution in [-0.2, 0) is 9.47 Å². The molecular formula is C6H8N2O2. The summed E-state index contributed by atoms with van der Waals surface area (Å²) in [6.45, 7) is 0. The number of methoxy groups -OCH3 is 1. The lowest BCUT2D eigenvalue weighted by atomic mass is 10.7. The second kappa shape index (κ2) is 2.07. The normalized spacial score (nSPS) is 30.5. The van der Waals surface area contributed by atoms with Crippen molar-refractivity contribution in [1.82, 2.24) is 9.55 Å². The van der Waals surface area contributed by atoms with E-state index in [0.29, 0.717) is 0 Å². The first-order chi connectivity index (χ1) is 4.92. The molecule has 54 valence electrons. The number of hydrogen-bond donors (Lipinski definition) is 0. The van der Waals surface area contributed by atoms with Gasteiger partial charge in [-0.3, -0.25) is 0 Å². The van der Waals surface area contributed by atoms with E-state index >= 15 is 0 Å².